The Bertz CT molecular complexity index is 341. The fourth-order valence-electron chi connectivity index (χ4n) is 1.35. The van der Waals surface area contributed by atoms with Gasteiger partial charge >= 0.3 is 6.09 Å². The highest BCUT2D eigenvalue weighted by atomic mass is 16.6. The molecule has 0 fully saturated rings. The van der Waals surface area contributed by atoms with Crippen LogP contribution in [0.15, 0.2) is 30.3 Å². The quantitative estimate of drug-likeness (QED) is 0.812. The lowest BCUT2D eigenvalue weighted by atomic mass is 10.1. The highest BCUT2D eigenvalue weighted by Gasteiger charge is 2.15. The van der Waals surface area contributed by atoms with Crippen LogP contribution in [-0.4, -0.2) is 11.7 Å². The van der Waals surface area contributed by atoms with E-state index in [4.69, 9.17) is 4.74 Å². The van der Waals surface area contributed by atoms with Crippen LogP contribution in [0, 0.1) is 6.54 Å². The molecule has 1 amide bonds. The summed E-state index contributed by atoms with van der Waals surface area (Å²) in [6.07, 6.45) is 1.31. The molecular formula is C14H20NO2. The molecule has 0 bridgehead atoms. The van der Waals surface area contributed by atoms with Crippen molar-refractivity contribution in [3.63, 3.8) is 0 Å². The summed E-state index contributed by atoms with van der Waals surface area (Å²) in [6, 6.07) is 10.2. The predicted molar refractivity (Wildman–Crippen MR) is 68.4 cm³/mol. The van der Waals surface area contributed by atoms with Crippen LogP contribution in [0.1, 0.15) is 32.8 Å². The fraction of sp³-hybridized carbons (Fsp3) is 0.429. The monoisotopic (exact) mass is 234 g/mol. The Balaban J connectivity index is 2.14. The number of hydrogen-bond donors (Lipinski definition) is 1. The maximum Gasteiger partial charge on any atom is 0.407 e. The molecule has 3 heteroatoms. The highest BCUT2D eigenvalue weighted by Crippen LogP contribution is 2.07. The van der Waals surface area contributed by atoms with E-state index in [0.717, 1.165) is 12.8 Å². The maximum atomic E-state index is 11.3. The van der Waals surface area contributed by atoms with Crippen molar-refractivity contribution >= 4 is 6.09 Å². The van der Waals surface area contributed by atoms with Gasteiger partial charge in [0.15, 0.2) is 0 Å². The number of nitrogens with one attached hydrogen (secondary N) is 1. The minimum atomic E-state index is -0.447. The molecule has 1 aromatic rings. The molecule has 0 spiro atoms. The van der Waals surface area contributed by atoms with Gasteiger partial charge in [-0.1, -0.05) is 30.3 Å². The second kappa shape index (κ2) is 6.28. The standard InChI is InChI=1S/C14H20NO2/c1-14(2,3)17-13(16)15-11-7-10-12-8-5-4-6-9-12/h4-6,8-9,11H,7,10H2,1-3H3,(H,15,16). The summed E-state index contributed by atoms with van der Waals surface area (Å²) in [6.45, 7) is 7.27. The molecule has 0 aromatic heterocycles. The normalized spacial score (nSPS) is 11.0. The zero-order valence-electron chi connectivity index (χ0n) is 10.7. The van der Waals surface area contributed by atoms with Crippen molar-refractivity contribution in [3.05, 3.63) is 42.4 Å². The Morgan fingerprint density at radius 3 is 2.53 bits per heavy atom. The summed E-state index contributed by atoms with van der Waals surface area (Å²) in [4.78, 5) is 11.3. The third-order valence-corrected chi connectivity index (χ3v) is 2.04. The van der Waals surface area contributed by atoms with Crippen LogP contribution >= 0.6 is 0 Å². The lowest BCUT2D eigenvalue weighted by Gasteiger charge is -2.19. The molecule has 1 N–H and O–H groups in total. The number of carbonyl (C=O) groups is 1. The molecule has 1 aromatic carbocycles. The first kappa shape index (κ1) is 13.6. The molecule has 0 aliphatic heterocycles. The van der Waals surface area contributed by atoms with Gasteiger partial charge in [-0.3, -0.25) is 0 Å². The third kappa shape index (κ3) is 6.61. The van der Waals surface area contributed by atoms with Crippen molar-refractivity contribution in [2.45, 2.75) is 39.2 Å². The third-order valence-electron chi connectivity index (χ3n) is 2.04. The summed E-state index contributed by atoms with van der Waals surface area (Å²) in [5.41, 5.74) is 0.812. The number of carbonyl (C=O) groups excluding carboxylic acids is 1. The van der Waals surface area contributed by atoms with Crippen molar-refractivity contribution in [1.82, 2.24) is 5.32 Å². The Hall–Kier alpha value is -1.51. The van der Waals surface area contributed by atoms with E-state index in [1.165, 1.54) is 5.56 Å². The number of ether oxygens (including phenoxy) is 1. The zero-order chi connectivity index (χ0) is 12.7. The average Bonchev–Trinajstić information content (AvgIpc) is 2.23. The second-order valence-corrected chi connectivity index (χ2v) is 4.87. The van der Waals surface area contributed by atoms with Crippen LogP contribution in [0.3, 0.4) is 0 Å². The number of hydrogen-bond acceptors (Lipinski definition) is 2. The summed E-state index contributed by atoms with van der Waals surface area (Å²) in [5, 5.41) is 2.62. The van der Waals surface area contributed by atoms with Gasteiger partial charge in [0.2, 0.25) is 0 Å². The molecule has 1 rings (SSSR count). The van der Waals surface area contributed by atoms with Crippen LogP contribution in [-0.2, 0) is 11.2 Å². The van der Waals surface area contributed by atoms with Crippen LogP contribution in [0.5, 0.6) is 0 Å². The van der Waals surface area contributed by atoms with E-state index in [2.05, 4.69) is 17.4 Å². The molecular weight excluding hydrogens is 214 g/mol. The number of rotatable bonds is 4. The zero-order valence-corrected chi connectivity index (χ0v) is 10.7. The molecule has 0 aliphatic carbocycles. The Morgan fingerprint density at radius 2 is 1.94 bits per heavy atom. The van der Waals surface area contributed by atoms with Gasteiger partial charge in [-0.2, -0.15) is 0 Å². The van der Waals surface area contributed by atoms with Gasteiger partial charge in [0, 0.05) is 0 Å². The van der Waals surface area contributed by atoms with Gasteiger partial charge < -0.3 is 10.1 Å². The average molecular weight is 234 g/mol. The fourth-order valence-corrected chi connectivity index (χ4v) is 1.35. The first-order chi connectivity index (χ1) is 7.97. The summed E-state index contributed by atoms with van der Waals surface area (Å²) >= 11 is 0. The molecule has 0 atom stereocenters. The van der Waals surface area contributed by atoms with Gasteiger partial charge in [0.1, 0.15) is 5.60 Å². The highest BCUT2D eigenvalue weighted by molar-refractivity contribution is 5.68. The smallest absolute Gasteiger partial charge is 0.407 e. The minimum absolute atomic E-state index is 0.398. The Kier molecular flexibility index (Phi) is 5.01. The minimum Gasteiger partial charge on any atom is -0.444 e. The van der Waals surface area contributed by atoms with Gasteiger partial charge in [-0.05, 0) is 39.2 Å². The van der Waals surface area contributed by atoms with E-state index < -0.39 is 11.7 Å². The second-order valence-electron chi connectivity index (χ2n) is 4.87. The Labute approximate surface area is 103 Å². The summed E-state index contributed by atoms with van der Waals surface area (Å²) < 4.78 is 5.11. The lowest BCUT2D eigenvalue weighted by Crippen LogP contribution is -2.31. The summed E-state index contributed by atoms with van der Waals surface area (Å²) in [5.74, 6) is 0. The van der Waals surface area contributed by atoms with Crippen molar-refractivity contribution in [2.24, 2.45) is 0 Å². The maximum absolute atomic E-state index is 11.3. The van der Waals surface area contributed by atoms with E-state index in [9.17, 15) is 4.79 Å². The van der Waals surface area contributed by atoms with Crippen molar-refractivity contribution < 1.29 is 9.53 Å². The van der Waals surface area contributed by atoms with Gasteiger partial charge in [-0.15, -0.1) is 0 Å². The molecule has 0 unspecified atom stereocenters. The van der Waals surface area contributed by atoms with E-state index in [1.807, 2.05) is 39.0 Å². The molecule has 1 radical (unpaired) electrons. The van der Waals surface area contributed by atoms with E-state index in [1.54, 1.807) is 6.54 Å². The molecule has 0 saturated heterocycles. The molecule has 17 heavy (non-hydrogen) atoms. The van der Waals surface area contributed by atoms with Crippen molar-refractivity contribution in [1.29, 1.82) is 0 Å². The Morgan fingerprint density at radius 1 is 1.29 bits per heavy atom. The number of amides is 1. The number of benzene rings is 1. The first-order valence-corrected chi connectivity index (χ1v) is 5.82. The van der Waals surface area contributed by atoms with Crippen molar-refractivity contribution in [2.75, 3.05) is 0 Å². The number of alkyl carbamates (subject to hydrolysis) is 1. The van der Waals surface area contributed by atoms with Gasteiger partial charge in [-0.25, -0.2) is 4.79 Å². The molecule has 3 nitrogen and oxygen atoms in total. The predicted octanol–water partition coefficient (Wildman–Crippen LogP) is 3.31. The molecule has 0 heterocycles. The largest absolute Gasteiger partial charge is 0.444 e. The van der Waals surface area contributed by atoms with Gasteiger partial charge in [0.05, 0.1) is 6.54 Å². The van der Waals surface area contributed by atoms with Crippen molar-refractivity contribution in [3.8, 4) is 0 Å². The first-order valence-electron chi connectivity index (χ1n) is 5.82. The summed E-state index contributed by atoms with van der Waals surface area (Å²) in [7, 11) is 0. The van der Waals surface area contributed by atoms with E-state index in [-0.39, 0.29) is 0 Å². The lowest BCUT2D eigenvalue weighted by molar-refractivity contribution is 0.0541. The SMILES string of the molecule is CC(C)(C)OC(=O)N[CH]CCc1ccccc1. The number of aryl methyl sites for hydroxylation is 1. The van der Waals surface area contributed by atoms with Crippen LogP contribution in [0.2, 0.25) is 0 Å². The van der Waals surface area contributed by atoms with E-state index in [0.29, 0.717) is 0 Å². The van der Waals surface area contributed by atoms with Crippen LogP contribution < -0.4 is 5.32 Å². The molecule has 0 aliphatic rings. The van der Waals surface area contributed by atoms with Crippen LogP contribution in [0.4, 0.5) is 4.79 Å². The molecule has 93 valence electrons. The van der Waals surface area contributed by atoms with Crippen LogP contribution in [0.25, 0.3) is 0 Å². The van der Waals surface area contributed by atoms with Gasteiger partial charge in [0.25, 0.3) is 0 Å². The van der Waals surface area contributed by atoms with E-state index >= 15 is 0 Å². The molecule has 0 saturated carbocycles. The topological polar surface area (TPSA) is 38.3 Å².